The van der Waals surface area contributed by atoms with E-state index >= 15 is 0 Å². The number of β-lactam (4-membered cyclic amide) rings is 1. The molecule has 0 aromatic carbocycles. The summed E-state index contributed by atoms with van der Waals surface area (Å²) in [6, 6.07) is 1.99. The normalized spacial score (nSPS) is 25.5. The molecule has 9 heteroatoms. The van der Waals surface area contributed by atoms with E-state index in [1.807, 2.05) is 17.5 Å². The Morgan fingerprint density at radius 1 is 1.46 bits per heavy atom. The number of hydrogen-bond acceptors (Lipinski definition) is 6. The molecule has 0 saturated carbocycles. The Bertz CT molecular complexity index is 688. The number of methoxy groups -OCH3 is 1. The van der Waals surface area contributed by atoms with Crippen LogP contribution in [-0.2, 0) is 25.5 Å². The first-order valence-corrected chi connectivity index (χ1v) is 9.05. The second kappa shape index (κ2) is 6.96. The molecule has 2 aliphatic rings. The molecular weight excluding hydrogens is 352 g/mol. The van der Waals surface area contributed by atoms with Crippen molar-refractivity contribution in [2.24, 2.45) is 0 Å². The maximum absolute atomic E-state index is 12.4. The van der Waals surface area contributed by atoms with E-state index in [0.29, 0.717) is 5.57 Å². The van der Waals surface area contributed by atoms with Gasteiger partial charge in [0.15, 0.2) is 6.04 Å². The molecule has 7 nitrogen and oxygen atoms in total. The zero-order valence-electron chi connectivity index (χ0n) is 12.8. The van der Waals surface area contributed by atoms with Gasteiger partial charge in [0.1, 0.15) is 11.4 Å². The van der Waals surface area contributed by atoms with Crippen LogP contribution in [0.1, 0.15) is 4.88 Å². The number of ether oxygens (including phenoxy) is 1. The van der Waals surface area contributed by atoms with E-state index in [1.165, 1.54) is 35.1 Å². The van der Waals surface area contributed by atoms with Crippen molar-refractivity contribution in [3.8, 4) is 0 Å². The van der Waals surface area contributed by atoms with Crippen molar-refractivity contribution >= 4 is 40.9 Å². The minimum absolute atomic E-state index is 0.149. The van der Waals surface area contributed by atoms with Crippen LogP contribution in [0.25, 0.3) is 0 Å². The number of rotatable bonds is 6. The summed E-state index contributed by atoms with van der Waals surface area (Å²) in [7, 11) is 1.47. The number of nitrogens with zero attached hydrogens (tertiary/aromatic N) is 1. The Hall–Kier alpha value is -1.84. The molecule has 128 valence electrons. The van der Waals surface area contributed by atoms with Crippen molar-refractivity contribution in [2.75, 3.05) is 13.7 Å². The van der Waals surface area contributed by atoms with Crippen LogP contribution in [0.3, 0.4) is 0 Å². The van der Waals surface area contributed by atoms with E-state index in [9.17, 15) is 19.5 Å². The third kappa shape index (κ3) is 3.06. The Balaban J connectivity index is 1.68. The van der Waals surface area contributed by atoms with Gasteiger partial charge in [-0.3, -0.25) is 9.59 Å². The van der Waals surface area contributed by atoms with Crippen LogP contribution >= 0.6 is 23.1 Å². The number of fused-ring (bicyclic) bond motifs is 1. The van der Waals surface area contributed by atoms with Crippen molar-refractivity contribution in [1.29, 1.82) is 0 Å². The Morgan fingerprint density at radius 2 is 2.25 bits per heavy atom. The van der Waals surface area contributed by atoms with E-state index in [-0.39, 0.29) is 24.8 Å². The van der Waals surface area contributed by atoms with Gasteiger partial charge in [0.2, 0.25) is 11.8 Å². The first-order chi connectivity index (χ1) is 11.5. The van der Waals surface area contributed by atoms with E-state index in [4.69, 9.17) is 4.74 Å². The molecular formula is C15H16N2O5S2. The predicted octanol–water partition coefficient (Wildman–Crippen LogP) is 0.674. The van der Waals surface area contributed by atoms with Gasteiger partial charge in [-0.2, -0.15) is 0 Å². The molecule has 24 heavy (non-hydrogen) atoms. The van der Waals surface area contributed by atoms with Crippen molar-refractivity contribution in [3.05, 3.63) is 33.4 Å². The fourth-order valence-electron chi connectivity index (χ4n) is 2.79. The van der Waals surface area contributed by atoms with Crippen molar-refractivity contribution < 1.29 is 24.2 Å². The largest absolute Gasteiger partial charge is 0.479 e. The maximum Gasteiger partial charge on any atom is 0.330 e. The summed E-state index contributed by atoms with van der Waals surface area (Å²) in [5.74, 6) is -1.71. The third-order valence-electron chi connectivity index (χ3n) is 3.84. The highest BCUT2D eigenvalue weighted by Crippen LogP contribution is 2.40. The van der Waals surface area contributed by atoms with Crippen molar-refractivity contribution in [2.45, 2.75) is 23.9 Å². The topological polar surface area (TPSA) is 95.9 Å². The van der Waals surface area contributed by atoms with Crippen LogP contribution < -0.4 is 5.32 Å². The average molecular weight is 368 g/mol. The van der Waals surface area contributed by atoms with Gasteiger partial charge in [-0.05, 0) is 22.4 Å². The summed E-state index contributed by atoms with van der Waals surface area (Å²) < 4.78 is 5.00. The summed E-state index contributed by atoms with van der Waals surface area (Å²) in [6.45, 7) is 0.149. The van der Waals surface area contributed by atoms with Gasteiger partial charge in [0.25, 0.3) is 0 Å². The Morgan fingerprint density at radius 3 is 2.88 bits per heavy atom. The van der Waals surface area contributed by atoms with Crippen LogP contribution in [-0.4, -0.2) is 59.0 Å². The van der Waals surface area contributed by atoms with Crippen LogP contribution in [0.5, 0.6) is 0 Å². The molecule has 0 spiro atoms. The van der Waals surface area contributed by atoms with E-state index in [1.54, 1.807) is 5.41 Å². The fourth-order valence-corrected chi connectivity index (χ4v) is 4.70. The lowest BCUT2D eigenvalue weighted by molar-refractivity contribution is -0.160. The number of amides is 2. The number of hydrogen-bond donors (Lipinski definition) is 2. The smallest absolute Gasteiger partial charge is 0.330 e. The highest BCUT2D eigenvalue weighted by atomic mass is 32.2. The lowest BCUT2D eigenvalue weighted by atomic mass is 9.98. The predicted molar refractivity (Wildman–Crippen MR) is 89.6 cm³/mol. The highest BCUT2D eigenvalue weighted by molar-refractivity contribution is 8.02. The molecule has 0 radical (unpaired) electrons. The van der Waals surface area contributed by atoms with E-state index in [2.05, 4.69) is 5.32 Å². The summed E-state index contributed by atoms with van der Waals surface area (Å²) in [5.41, 5.74) is 0.531. The molecule has 1 saturated heterocycles. The standard InChI is InChI=1S/C15H16N2O5S2/c1-22-6-8-7-24-14-11(13(19)17(14)12(8)15(20)21)16-10(18)5-9-3-2-4-23-9/h2-4,7,11-12,14H,5-6H2,1H3,(H,16,18)(H,20,21)/t11?,12?,14-/m0/s1. The number of carboxylic acids is 1. The molecule has 2 aliphatic heterocycles. The number of carbonyl (C=O) groups is 3. The zero-order valence-corrected chi connectivity index (χ0v) is 14.4. The molecule has 1 aromatic heterocycles. The summed E-state index contributed by atoms with van der Waals surface area (Å²) in [5, 5.41) is 15.3. The van der Waals surface area contributed by atoms with Gasteiger partial charge in [-0.15, -0.1) is 23.1 Å². The Kier molecular flexibility index (Phi) is 4.93. The second-order valence-corrected chi connectivity index (χ2v) is 7.46. The quantitative estimate of drug-likeness (QED) is 0.717. The molecule has 2 amide bonds. The summed E-state index contributed by atoms with van der Waals surface area (Å²) in [6.07, 6.45) is 0.214. The molecule has 2 N–H and O–H groups in total. The fraction of sp³-hybridized carbons (Fsp3) is 0.400. The highest BCUT2D eigenvalue weighted by Gasteiger charge is 2.55. The van der Waals surface area contributed by atoms with Gasteiger partial charge in [-0.1, -0.05) is 6.07 Å². The summed E-state index contributed by atoms with van der Waals surface area (Å²) in [4.78, 5) is 38.2. The molecule has 3 rings (SSSR count). The monoisotopic (exact) mass is 368 g/mol. The van der Waals surface area contributed by atoms with Gasteiger partial charge in [-0.25, -0.2) is 4.79 Å². The van der Waals surface area contributed by atoms with Gasteiger partial charge < -0.3 is 20.1 Å². The van der Waals surface area contributed by atoms with Gasteiger partial charge in [0, 0.05) is 12.0 Å². The van der Waals surface area contributed by atoms with Gasteiger partial charge >= 0.3 is 5.97 Å². The van der Waals surface area contributed by atoms with Gasteiger partial charge in [0.05, 0.1) is 13.0 Å². The number of thioether (sulfide) groups is 1. The zero-order chi connectivity index (χ0) is 17.3. The lowest BCUT2D eigenvalue weighted by Gasteiger charge is -2.51. The molecule has 0 bridgehead atoms. The molecule has 1 aromatic rings. The van der Waals surface area contributed by atoms with Crippen LogP contribution in [0, 0.1) is 0 Å². The van der Waals surface area contributed by atoms with Crippen LogP contribution in [0.15, 0.2) is 28.5 Å². The van der Waals surface area contributed by atoms with E-state index < -0.39 is 23.4 Å². The number of nitrogens with one attached hydrogen (secondary N) is 1. The average Bonchev–Trinajstić information content (AvgIpc) is 3.05. The van der Waals surface area contributed by atoms with E-state index in [0.717, 1.165) is 4.88 Å². The number of carbonyl (C=O) groups excluding carboxylic acids is 2. The third-order valence-corrected chi connectivity index (χ3v) is 5.94. The molecule has 3 atom stereocenters. The number of thiophene rings is 1. The first-order valence-electron chi connectivity index (χ1n) is 7.23. The second-order valence-electron chi connectivity index (χ2n) is 5.44. The SMILES string of the molecule is COCC1=CS[C@H]2C(NC(=O)Cc3cccs3)C(=O)N2C1C(=O)O. The van der Waals surface area contributed by atoms with Crippen molar-refractivity contribution in [1.82, 2.24) is 10.2 Å². The number of carboxylic acid groups (broad SMARTS) is 1. The molecule has 3 heterocycles. The number of aliphatic carboxylic acids is 1. The lowest BCUT2D eigenvalue weighted by Crippen LogP contribution is -2.74. The Labute approximate surface area is 146 Å². The molecule has 2 unspecified atom stereocenters. The first kappa shape index (κ1) is 17.0. The van der Waals surface area contributed by atoms with Crippen molar-refractivity contribution in [3.63, 3.8) is 0 Å². The van der Waals surface area contributed by atoms with Crippen LogP contribution in [0.4, 0.5) is 0 Å². The minimum atomic E-state index is -1.10. The molecule has 0 aliphatic carbocycles. The molecule has 1 fully saturated rings. The maximum atomic E-state index is 12.4. The summed E-state index contributed by atoms with van der Waals surface area (Å²) >= 11 is 2.81. The van der Waals surface area contributed by atoms with Crippen LogP contribution in [0.2, 0.25) is 0 Å². The minimum Gasteiger partial charge on any atom is -0.479 e.